The number of nitrogens with zero attached hydrogens (tertiary/aromatic N) is 2. The van der Waals surface area contributed by atoms with Gasteiger partial charge in [-0.25, -0.2) is 9.78 Å². The summed E-state index contributed by atoms with van der Waals surface area (Å²) in [5, 5.41) is 9.20. The van der Waals surface area contributed by atoms with Crippen LogP contribution in [0.2, 0.25) is 0 Å². The van der Waals surface area contributed by atoms with Crippen LogP contribution in [0, 0.1) is 0 Å². The first-order valence-electron chi connectivity index (χ1n) is 5.84. The Labute approximate surface area is 104 Å². The summed E-state index contributed by atoms with van der Waals surface area (Å²) >= 11 is 0. The minimum atomic E-state index is -1.03. The lowest BCUT2D eigenvalue weighted by Crippen LogP contribution is -2.53. The number of carboxylic acid groups (broad SMARTS) is 1. The average molecular weight is 252 g/mol. The first-order chi connectivity index (χ1) is 8.54. The minimum absolute atomic E-state index is 0.219. The van der Waals surface area contributed by atoms with Crippen LogP contribution in [0.25, 0.3) is 0 Å². The minimum Gasteiger partial charge on any atom is -0.480 e. The molecule has 7 nitrogen and oxygen atoms in total. The molecular weight excluding hydrogens is 236 g/mol. The highest BCUT2D eigenvalue weighted by molar-refractivity contribution is 5.87. The van der Waals surface area contributed by atoms with Gasteiger partial charge in [0.25, 0.3) is 0 Å². The standard InChI is InChI=1S/C11H16N4O3/c1-2-6(12)10(16)15-4-8-7(13-5-14-8)3-9(15)11(17)18/h5-6,9H,2-4,12H2,1H3,(H,13,14)(H,17,18)/t6-,9?/m1/s1. The first-order valence-corrected chi connectivity index (χ1v) is 5.84. The van der Waals surface area contributed by atoms with Crippen LogP contribution in [0.4, 0.5) is 0 Å². The molecule has 0 fully saturated rings. The number of imidazole rings is 1. The Morgan fingerprint density at radius 2 is 2.44 bits per heavy atom. The number of carbonyl (C=O) groups excluding carboxylic acids is 1. The molecule has 0 radical (unpaired) electrons. The highest BCUT2D eigenvalue weighted by Crippen LogP contribution is 2.21. The van der Waals surface area contributed by atoms with Gasteiger partial charge in [0.1, 0.15) is 6.04 Å². The molecule has 1 amide bonds. The number of rotatable bonds is 3. The monoisotopic (exact) mass is 252 g/mol. The molecule has 98 valence electrons. The predicted octanol–water partition coefficient (Wildman–Crippen LogP) is -0.515. The van der Waals surface area contributed by atoms with E-state index in [-0.39, 0.29) is 18.9 Å². The van der Waals surface area contributed by atoms with E-state index < -0.39 is 18.1 Å². The lowest BCUT2D eigenvalue weighted by molar-refractivity contribution is -0.152. The molecule has 2 atom stereocenters. The highest BCUT2D eigenvalue weighted by atomic mass is 16.4. The summed E-state index contributed by atoms with van der Waals surface area (Å²) in [6, 6.07) is -1.54. The van der Waals surface area contributed by atoms with E-state index in [4.69, 9.17) is 5.73 Å². The summed E-state index contributed by atoms with van der Waals surface area (Å²) in [5.41, 5.74) is 7.18. The van der Waals surface area contributed by atoms with E-state index in [1.54, 1.807) is 6.92 Å². The molecular formula is C11H16N4O3. The summed E-state index contributed by atoms with van der Waals surface area (Å²) in [7, 11) is 0. The normalized spacial score (nSPS) is 20.3. The number of H-pyrrole nitrogens is 1. The Bertz CT molecular complexity index is 471. The number of hydrogen-bond acceptors (Lipinski definition) is 4. The fraction of sp³-hybridized carbons (Fsp3) is 0.545. The zero-order valence-electron chi connectivity index (χ0n) is 10.1. The maximum Gasteiger partial charge on any atom is 0.326 e. The molecule has 2 heterocycles. The van der Waals surface area contributed by atoms with Crippen molar-refractivity contribution >= 4 is 11.9 Å². The molecule has 0 spiro atoms. The highest BCUT2D eigenvalue weighted by Gasteiger charge is 2.37. The first kappa shape index (κ1) is 12.6. The van der Waals surface area contributed by atoms with Crippen molar-refractivity contribution in [3.8, 4) is 0 Å². The van der Waals surface area contributed by atoms with Gasteiger partial charge in [-0.05, 0) is 6.42 Å². The van der Waals surface area contributed by atoms with Crippen LogP contribution in [-0.4, -0.2) is 43.9 Å². The smallest absolute Gasteiger partial charge is 0.326 e. The van der Waals surface area contributed by atoms with Crippen molar-refractivity contribution in [3.05, 3.63) is 17.7 Å². The fourth-order valence-electron chi connectivity index (χ4n) is 2.08. The number of hydrogen-bond donors (Lipinski definition) is 3. The van der Waals surface area contributed by atoms with Gasteiger partial charge in [-0.3, -0.25) is 4.79 Å². The van der Waals surface area contributed by atoms with Gasteiger partial charge in [-0.15, -0.1) is 0 Å². The van der Waals surface area contributed by atoms with Crippen molar-refractivity contribution in [2.45, 2.75) is 38.4 Å². The lowest BCUT2D eigenvalue weighted by atomic mass is 10.0. The topological polar surface area (TPSA) is 112 Å². The van der Waals surface area contributed by atoms with E-state index in [1.807, 2.05) is 0 Å². The second-order valence-corrected chi connectivity index (χ2v) is 4.37. The maximum absolute atomic E-state index is 12.1. The SMILES string of the molecule is CC[C@@H](N)C(=O)N1Cc2[nH]cnc2CC1C(=O)O. The van der Waals surface area contributed by atoms with Gasteiger partial charge in [0, 0.05) is 6.42 Å². The molecule has 0 saturated carbocycles. The number of carbonyl (C=O) groups is 2. The van der Waals surface area contributed by atoms with Crippen LogP contribution in [-0.2, 0) is 22.6 Å². The van der Waals surface area contributed by atoms with Crippen molar-refractivity contribution in [2.24, 2.45) is 5.73 Å². The zero-order chi connectivity index (χ0) is 13.3. The van der Waals surface area contributed by atoms with E-state index in [2.05, 4.69) is 9.97 Å². The van der Waals surface area contributed by atoms with Crippen molar-refractivity contribution in [1.82, 2.24) is 14.9 Å². The van der Waals surface area contributed by atoms with Crippen LogP contribution in [0.5, 0.6) is 0 Å². The second-order valence-electron chi connectivity index (χ2n) is 4.37. The molecule has 18 heavy (non-hydrogen) atoms. The summed E-state index contributed by atoms with van der Waals surface area (Å²) in [4.78, 5) is 31.6. The molecule has 0 aromatic carbocycles. The van der Waals surface area contributed by atoms with Gasteiger partial charge in [0.05, 0.1) is 30.3 Å². The third-order valence-corrected chi connectivity index (χ3v) is 3.22. The van der Waals surface area contributed by atoms with Crippen molar-refractivity contribution in [3.63, 3.8) is 0 Å². The van der Waals surface area contributed by atoms with Crippen LogP contribution < -0.4 is 5.73 Å². The maximum atomic E-state index is 12.1. The van der Waals surface area contributed by atoms with Gasteiger partial charge < -0.3 is 20.7 Å². The molecule has 1 aromatic rings. The number of fused-ring (bicyclic) bond motifs is 1. The van der Waals surface area contributed by atoms with Crippen LogP contribution >= 0.6 is 0 Å². The predicted molar refractivity (Wildman–Crippen MR) is 62.5 cm³/mol. The Morgan fingerprint density at radius 1 is 1.72 bits per heavy atom. The van der Waals surface area contributed by atoms with Gasteiger partial charge >= 0.3 is 5.97 Å². The molecule has 0 aliphatic carbocycles. The van der Waals surface area contributed by atoms with E-state index in [0.29, 0.717) is 12.1 Å². The Hall–Kier alpha value is -1.89. The largest absolute Gasteiger partial charge is 0.480 e. The molecule has 7 heteroatoms. The van der Waals surface area contributed by atoms with Crippen molar-refractivity contribution in [1.29, 1.82) is 0 Å². The molecule has 0 saturated heterocycles. The van der Waals surface area contributed by atoms with E-state index >= 15 is 0 Å². The fourth-order valence-corrected chi connectivity index (χ4v) is 2.08. The number of carboxylic acids is 1. The molecule has 4 N–H and O–H groups in total. The third kappa shape index (κ3) is 2.08. The summed E-state index contributed by atoms with van der Waals surface area (Å²) < 4.78 is 0. The van der Waals surface area contributed by atoms with Gasteiger partial charge in [0.15, 0.2) is 0 Å². The van der Waals surface area contributed by atoms with Gasteiger partial charge in [-0.2, -0.15) is 0 Å². The molecule has 1 aliphatic rings. The van der Waals surface area contributed by atoms with Crippen LogP contribution in [0.15, 0.2) is 6.33 Å². The summed E-state index contributed by atoms with van der Waals surface area (Å²) in [6.45, 7) is 2.02. The summed E-state index contributed by atoms with van der Waals surface area (Å²) in [6.07, 6.45) is 2.21. The number of nitrogens with one attached hydrogen (secondary N) is 1. The molecule has 2 rings (SSSR count). The van der Waals surface area contributed by atoms with E-state index in [1.165, 1.54) is 11.2 Å². The number of aromatic nitrogens is 2. The average Bonchev–Trinajstić information content (AvgIpc) is 2.82. The number of aliphatic carboxylic acids is 1. The second kappa shape index (κ2) is 4.77. The number of aromatic amines is 1. The Balaban J connectivity index is 2.27. The third-order valence-electron chi connectivity index (χ3n) is 3.22. The quantitative estimate of drug-likeness (QED) is 0.670. The van der Waals surface area contributed by atoms with Crippen LogP contribution in [0.1, 0.15) is 24.7 Å². The zero-order valence-corrected chi connectivity index (χ0v) is 10.1. The summed E-state index contributed by atoms with van der Waals surface area (Å²) in [5.74, 6) is -1.36. The molecule has 0 bridgehead atoms. The van der Waals surface area contributed by atoms with Gasteiger partial charge in [0.2, 0.25) is 5.91 Å². The Morgan fingerprint density at radius 3 is 3.06 bits per heavy atom. The van der Waals surface area contributed by atoms with Crippen molar-refractivity contribution < 1.29 is 14.7 Å². The van der Waals surface area contributed by atoms with Gasteiger partial charge in [-0.1, -0.05) is 6.92 Å². The molecule has 1 aliphatic heterocycles. The van der Waals surface area contributed by atoms with E-state index in [9.17, 15) is 14.7 Å². The molecule has 1 unspecified atom stereocenters. The van der Waals surface area contributed by atoms with E-state index in [0.717, 1.165) is 5.69 Å². The number of amides is 1. The van der Waals surface area contributed by atoms with Crippen LogP contribution in [0.3, 0.4) is 0 Å². The lowest BCUT2D eigenvalue weighted by Gasteiger charge is -2.33. The van der Waals surface area contributed by atoms with Crippen molar-refractivity contribution in [2.75, 3.05) is 0 Å². The number of nitrogens with two attached hydrogens (primary N) is 1. The Kier molecular flexibility index (Phi) is 3.33. The molecule has 1 aromatic heterocycles.